The fourth-order valence-corrected chi connectivity index (χ4v) is 3.13. The Labute approximate surface area is 106 Å². The molecule has 17 heavy (non-hydrogen) atoms. The first-order chi connectivity index (χ1) is 7.90. The van der Waals surface area contributed by atoms with Crippen molar-refractivity contribution < 1.29 is 13.2 Å². The van der Waals surface area contributed by atoms with Crippen LogP contribution in [0.4, 0.5) is 0 Å². The van der Waals surface area contributed by atoms with Crippen LogP contribution in [-0.4, -0.2) is 45.7 Å². The molecule has 0 aliphatic rings. The standard InChI is InChI=1S/C12H27NO3S/c1-5-16-8-6-7-13-9-12(4)17(14,15)10-11(2)3/h11-13H,5-10H2,1-4H3. The number of rotatable bonds is 10. The third-order valence-corrected chi connectivity index (χ3v) is 4.98. The lowest BCUT2D eigenvalue weighted by molar-refractivity contribution is 0.145. The van der Waals surface area contributed by atoms with E-state index in [0.29, 0.717) is 6.54 Å². The largest absolute Gasteiger partial charge is 0.382 e. The fourth-order valence-electron chi connectivity index (χ4n) is 1.50. The Hall–Kier alpha value is -0.130. The van der Waals surface area contributed by atoms with E-state index in [4.69, 9.17) is 4.74 Å². The molecule has 5 heteroatoms. The van der Waals surface area contributed by atoms with Crippen molar-refractivity contribution in [1.29, 1.82) is 0 Å². The van der Waals surface area contributed by atoms with Crippen LogP contribution in [-0.2, 0) is 14.6 Å². The lowest BCUT2D eigenvalue weighted by Gasteiger charge is -2.15. The van der Waals surface area contributed by atoms with Crippen LogP contribution in [0.3, 0.4) is 0 Å². The van der Waals surface area contributed by atoms with Crippen molar-refractivity contribution in [2.45, 2.75) is 39.4 Å². The van der Waals surface area contributed by atoms with Gasteiger partial charge in [-0.2, -0.15) is 0 Å². The van der Waals surface area contributed by atoms with Crippen LogP contribution in [0.15, 0.2) is 0 Å². The normalized spacial score (nSPS) is 14.2. The van der Waals surface area contributed by atoms with Crippen LogP contribution >= 0.6 is 0 Å². The number of hydrogen-bond acceptors (Lipinski definition) is 4. The smallest absolute Gasteiger partial charge is 0.154 e. The zero-order valence-electron chi connectivity index (χ0n) is 11.5. The van der Waals surface area contributed by atoms with Crippen LogP contribution in [0, 0.1) is 5.92 Å². The molecular formula is C12H27NO3S. The SMILES string of the molecule is CCOCCCNCC(C)S(=O)(=O)CC(C)C. The van der Waals surface area contributed by atoms with Crippen molar-refractivity contribution >= 4 is 9.84 Å². The summed E-state index contributed by atoms with van der Waals surface area (Å²) in [6, 6.07) is 0. The topological polar surface area (TPSA) is 55.4 Å². The van der Waals surface area contributed by atoms with Gasteiger partial charge in [-0.15, -0.1) is 0 Å². The number of sulfone groups is 1. The van der Waals surface area contributed by atoms with Gasteiger partial charge in [0.05, 0.1) is 11.0 Å². The quantitative estimate of drug-likeness (QED) is 0.608. The van der Waals surface area contributed by atoms with Gasteiger partial charge < -0.3 is 10.1 Å². The Bertz CT molecular complexity index is 275. The first kappa shape index (κ1) is 16.9. The van der Waals surface area contributed by atoms with E-state index in [2.05, 4.69) is 5.32 Å². The molecule has 0 amide bonds. The van der Waals surface area contributed by atoms with Gasteiger partial charge in [0.2, 0.25) is 0 Å². The zero-order chi connectivity index (χ0) is 13.3. The summed E-state index contributed by atoms with van der Waals surface area (Å²) in [6.45, 7) is 10.4. The molecule has 1 atom stereocenters. The van der Waals surface area contributed by atoms with E-state index in [1.165, 1.54) is 0 Å². The minimum absolute atomic E-state index is 0.195. The van der Waals surface area contributed by atoms with Gasteiger partial charge in [0, 0.05) is 19.8 Å². The van der Waals surface area contributed by atoms with Gasteiger partial charge in [-0.25, -0.2) is 8.42 Å². The second-order valence-corrected chi connectivity index (χ2v) is 7.25. The first-order valence-corrected chi connectivity index (χ1v) is 8.11. The molecule has 0 radical (unpaired) electrons. The summed E-state index contributed by atoms with van der Waals surface area (Å²) in [5.41, 5.74) is 0. The van der Waals surface area contributed by atoms with E-state index in [0.717, 1.165) is 26.2 Å². The molecule has 0 aromatic carbocycles. The van der Waals surface area contributed by atoms with E-state index in [-0.39, 0.29) is 16.9 Å². The molecule has 0 fully saturated rings. The highest BCUT2D eigenvalue weighted by Crippen LogP contribution is 2.06. The molecule has 0 aliphatic carbocycles. The number of nitrogens with one attached hydrogen (secondary N) is 1. The third-order valence-electron chi connectivity index (χ3n) is 2.46. The average Bonchev–Trinajstić information content (AvgIpc) is 2.21. The molecule has 0 aromatic rings. The maximum atomic E-state index is 11.8. The molecule has 0 aliphatic heterocycles. The summed E-state index contributed by atoms with van der Waals surface area (Å²) in [5.74, 6) is 0.467. The molecule has 0 rings (SSSR count). The van der Waals surface area contributed by atoms with Crippen LogP contribution in [0.1, 0.15) is 34.1 Å². The van der Waals surface area contributed by atoms with E-state index in [1.54, 1.807) is 6.92 Å². The van der Waals surface area contributed by atoms with Crippen LogP contribution in [0.5, 0.6) is 0 Å². The summed E-state index contributed by atoms with van der Waals surface area (Å²) in [4.78, 5) is 0. The summed E-state index contributed by atoms with van der Waals surface area (Å²) in [5, 5.41) is 2.86. The summed E-state index contributed by atoms with van der Waals surface area (Å²) in [6.07, 6.45) is 0.921. The second-order valence-electron chi connectivity index (χ2n) is 4.79. The molecule has 4 nitrogen and oxygen atoms in total. The molecule has 0 heterocycles. The van der Waals surface area contributed by atoms with Crippen molar-refractivity contribution in [2.24, 2.45) is 5.92 Å². The molecule has 0 saturated heterocycles. The number of ether oxygens (including phenoxy) is 1. The van der Waals surface area contributed by atoms with Gasteiger partial charge in [0.1, 0.15) is 0 Å². The highest BCUT2D eigenvalue weighted by Gasteiger charge is 2.21. The number of hydrogen-bond donors (Lipinski definition) is 1. The van der Waals surface area contributed by atoms with Crippen molar-refractivity contribution in [3.8, 4) is 0 Å². The Morgan fingerprint density at radius 1 is 1.24 bits per heavy atom. The Kier molecular flexibility index (Phi) is 8.82. The van der Waals surface area contributed by atoms with E-state index < -0.39 is 9.84 Å². The van der Waals surface area contributed by atoms with Gasteiger partial charge in [-0.3, -0.25) is 0 Å². The first-order valence-electron chi connectivity index (χ1n) is 6.40. The lowest BCUT2D eigenvalue weighted by Crippen LogP contribution is -2.34. The van der Waals surface area contributed by atoms with Crippen molar-refractivity contribution in [2.75, 3.05) is 32.1 Å². The fraction of sp³-hybridized carbons (Fsp3) is 1.00. The minimum Gasteiger partial charge on any atom is -0.382 e. The second kappa shape index (κ2) is 8.89. The lowest BCUT2D eigenvalue weighted by atomic mass is 10.3. The predicted molar refractivity (Wildman–Crippen MR) is 72.1 cm³/mol. The van der Waals surface area contributed by atoms with Crippen LogP contribution in [0.2, 0.25) is 0 Å². The Morgan fingerprint density at radius 3 is 2.41 bits per heavy atom. The molecule has 1 N–H and O–H groups in total. The van der Waals surface area contributed by atoms with E-state index >= 15 is 0 Å². The maximum Gasteiger partial charge on any atom is 0.154 e. The molecule has 0 aromatic heterocycles. The third kappa shape index (κ3) is 8.57. The predicted octanol–water partition coefficient (Wildman–Crippen LogP) is 1.46. The summed E-state index contributed by atoms with van der Waals surface area (Å²) in [7, 11) is -2.95. The molecule has 0 saturated carbocycles. The summed E-state index contributed by atoms with van der Waals surface area (Å²) >= 11 is 0. The zero-order valence-corrected chi connectivity index (χ0v) is 12.3. The maximum absolute atomic E-state index is 11.8. The van der Waals surface area contributed by atoms with Gasteiger partial charge in [0.15, 0.2) is 9.84 Å². The molecular weight excluding hydrogens is 238 g/mol. The summed E-state index contributed by atoms with van der Waals surface area (Å²) < 4.78 is 28.9. The Morgan fingerprint density at radius 2 is 1.88 bits per heavy atom. The van der Waals surface area contributed by atoms with Gasteiger partial charge in [-0.05, 0) is 32.7 Å². The van der Waals surface area contributed by atoms with E-state index in [1.807, 2.05) is 20.8 Å². The van der Waals surface area contributed by atoms with E-state index in [9.17, 15) is 8.42 Å². The molecule has 0 spiro atoms. The van der Waals surface area contributed by atoms with Crippen molar-refractivity contribution in [1.82, 2.24) is 5.32 Å². The molecule has 104 valence electrons. The van der Waals surface area contributed by atoms with Crippen molar-refractivity contribution in [3.05, 3.63) is 0 Å². The van der Waals surface area contributed by atoms with Crippen molar-refractivity contribution in [3.63, 3.8) is 0 Å². The highest BCUT2D eigenvalue weighted by molar-refractivity contribution is 7.92. The highest BCUT2D eigenvalue weighted by atomic mass is 32.2. The van der Waals surface area contributed by atoms with Crippen LogP contribution < -0.4 is 5.32 Å². The van der Waals surface area contributed by atoms with Crippen LogP contribution in [0.25, 0.3) is 0 Å². The Balaban J connectivity index is 3.74. The van der Waals surface area contributed by atoms with Gasteiger partial charge in [0.25, 0.3) is 0 Å². The average molecular weight is 265 g/mol. The van der Waals surface area contributed by atoms with Gasteiger partial charge in [-0.1, -0.05) is 13.8 Å². The molecule has 0 bridgehead atoms. The molecule has 1 unspecified atom stereocenters. The monoisotopic (exact) mass is 265 g/mol. The van der Waals surface area contributed by atoms with Gasteiger partial charge >= 0.3 is 0 Å². The minimum atomic E-state index is -2.95.